The standard InChI is InChI=1S/C10H7ClF3NO2/c11-6-3-1-2-5(10(12,13)14)8(6)7-4-15-9(16)17-7/h1-3,7H,4H2,(H,15,16). The summed E-state index contributed by atoms with van der Waals surface area (Å²) in [5, 5.41) is 2.22. The van der Waals surface area contributed by atoms with Gasteiger partial charge in [0.25, 0.3) is 0 Å². The molecule has 1 N–H and O–H groups in total. The van der Waals surface area contributed by atoms with E-state index in [4.69, 9.17) is 16.3 Å². The lowest BCUT2D eigenvalue weighted by Gasteiger charge is -2.17. The summed E-state index contributed by atoms with van der Waals surface area (Å²) in [5.41, 5.74) is -1.09. The molecule has 0 bridgehead atoms. The van der Waals surface area contributed by atoms with Crippen LogP contribution in [0, 0.1) is 0 Å². The molecule has 1 aliphatic heterocycles. The fraction of sp³-hybridized carbons (Fsp3) is 0.300. The number of hydrogen-bond acceptors (Lipinski definition) is 2. The highest BCUT2D eigenvalue weighted by Gasteiger charge is 2.39. The maximum Gasteiger partial charge on any atom is 0.416 e. The van der Waals surface area contributed by atoms with Crippen molar-refractivity contribution < 1.29 is 22.7 Å². The number of ether oxygens (including phenoxy) is 1. The van der Waals surface area contributed by atoms with Gasteiger partial charge in [0.2, 0.25) is 0 Å². The first-order valence-corrected chi connectivity index (χ1v) is 5.07. The number of nitrogens with one attached hydrogen (secondary N) is 1. The van der Waals surface area contributed by atoms with Crippen LogP contribution >= 0.6 is 11.6 Å². The van der Waals surface area contributed by atoms with Crippen LogP contribution in [-0.2, 0) is 10.9 Å². The van der Waals surface area contributed by atoms with Gasteiger partial charge in [-0.2, -0.15) is 13.2 Å². The highest BCUT2D eigenvalue weighted by Crippen LogP contribution is 2.39. The van der Waals surface area contributed by atoms with Crippen molar-refractivity contribution in [1.29, 1.82) is 0 Å². The number of halogens is 4. The molecule has 1 atom stereocenters. The fourth-order valence-electron chi connectivity index (χ4n) is 1.66. The van der Waals surface area contributed by atoms with Crippen molar-refractivity contribution >= 4 is 17.7 Å². The molecule has 1 saturated heterocycles. The van der Waals surface area contributed by atoms with Crippen LogP contribution in [0.5, 0.6) is 0 Å². The number of hydrogen-bond donors (Lipinski definition) is 1. The maximum atomic E-state index is 12.8. The van der Waals surface area contributed by atoms with Crippen LogP contribution in [0.25, 0.3) is 0 Å². The molecule has 0 aromatic heterocycles. The summed E-state index contributed by atoms with van der Waals surface area (Å²) in [7, 11) is 0. The molecule has 1 amide bonds. The van der Waals surface area contributed by atoms with Gasteiger partial charge in [-0.1, -0.05) is 17.7 Å². The molecule has 1 fully saturated rings. The molecule has 0 spiro atoms. The van der Waals surface area contributed by atoms with E-state index in [9.17, 15) is 18.0 Å². The summed E-state index contributed by atoms with van der Waals surface area (Å²) >= 11 is 5.74. The average Bonchev–Trinajstić information content (AvgIpc) is 2.63. The van der Waals surface area contributed by atoms with Crippen LogP contribution in [0.3, 0.4) is 0 Å². The van der Waals surface area contributed by atoms with Gasteiger partial charge < -0.3 is 10.1 Å². The van der Waals surface area contributed by atoms with E-state index >= 15 is 0 Å². The summed E-state index contributed by atoms with van der Waals surface area (Å²) in [6.45, 7) is -0.0222. The Balaban J connectivity index is 2.48. The van der Waals surface area contributed by atoms with Crippen LogP contribution in [0.4, 0.5) is 18.0 Å². The van der Waals surface area contributed by atoms with Gasteiger partial charge >= 0.3 is 12.3 Å². The molecular formula is C10H7ClF3NO2. The average molecular weight is 266 g/mol. The summed E-state index contributed by atoms with van der Waals surface area (Å²) in [6.07, 6.45) is -6.29. The van der Waals surface area contributed by atoms with Gasteiger partial charge in [0, 0.05) is 10.6 Å². The summed E-state index contributed by atoms with van der Waals surface area (Å²) in [6, 6.07) is 3.45. The smallest absolute Gasteiger partial charge is 0.416 e. The number of carbonyl (C=O) groups excluding carboxylic acids is 1. The molecule has 1 unspecified atom stereocenters. The first kappa shape index (κ1) is 12.0. The predicted molar refractivity (Wildman–Crippen MR) is 53.7 cm³/mol. The lowest BCUT2D eigenvalue weighted by atomic mass is 10.0. The Morgan fingerprint density at radius 2 is 2.12 bits per heavy atom. The second-order valence-electron chi connectivity index (χ2n) is 3.47. The summed E-state index contributed by atoms with van der Waals surface area (Å²) in [5.74, 6) is 0. The Hall–Kier alpha value is -1.43. The largest absolute Gasteiger partial charge is 0.439 e. The minimum atomic E-state index is -4.53. The molecule has 7 heteroatoms. The molecule has 3 nitrogen and oxygen atoms in total. The van der Waals surface area contributed by atoms with E-state index in [-0.39, 0.29) is 17.1 Å². The Morgan fingerprint density at radius 1 is 1.41 bits per heavy atom. The van der Waals surface area contributed by atoms with Gasteiger partial charge in [-0.3, -0.25) is 0 Å². The maximum absolute atomic E-state index is 12.8. The van der Waals surface area contributed by atoms with E-state index in [0.717, 1.165) is 6.07 Å². The number of alkyl halides is 3. The second-order valence-corrected chi connectivity index (χ2v) is 3.88. The Bertz CT molecular complexity index is 461. The number of benzene rings is 1. The lowest BCUT2D eigenvalue weighted by Crippen LogP contribution is -2.15. The molecule has 1 heterocycles. The number of amides is 1. The molecule has 0 radical (unpaired) electrons. The van der Waals surface area contributed by atoms with Crippen molar-refractivity contribution in [2.45, 2.75) is 12.3 Å². The zero-order valence-corrected chi connectivity index (χ0v) is 9.10. The summed E-state index contributed by atoms with van der Waals surface area (Å²) < 4.78 is 43.0. The van der Waals surface area contributed by atoms with Crippen molar-refractivity contribution in [2.75, 3.05) is 6.54 Å². The Kier molecular flexibility index (Phi) is 2.91. The molecule has 0 saturated carbocycles. The van der Waals surface area contributed by atoms with E-state index in [1.54, 1.807) is 0 Å². The van der Waals surface area contributed by atoms with E-state index < -0.39 is 23.9 Å². The van der Waals surface area contributed by atoms with Crippen molar-refractivity contribution in [3.05, 3.63) is 34.3 Å². The minimum absolute atomic E-state index is 0.0222. The third-order valence-corrected chi connectivity index (χ3v) is 2.69. The van der Waals surface area contributed by atoms with Crippen LogP contribution in [-0.4, -0.2) is 12.6 Å². The van der Waals surface area contributed by atoms with Gasteiger partial charge in [-0.15, -0.1) is 0 Å². The molecule has 1 aromatic rings. The van der Waals surface area contributed by atoms with E-state index in [0.29, 0.717) is 0 Å². The van der Waals surface area contributed by atoms with Crippen LogP contribution in [0.15, 0.2) is 18.2 Å². The van der Waals surface area contributed by atoms with Crippen molar-refractivity contribution in [2.24, 2.45) is 0 Å². The number of alkyl carbamates (subject to hydrolysis) is 1. The SMILES string of the molecule is O=C1NCC(c2c(Cl)cccc2C(F)(F)F)O1. The molecule has 17 heavy (non-hydrogen) atoms. The topological polar surface area (TPSA) is 38.3 Å². The molecule has 1 aromatic carbocycles. The van der Waals surface area contributed by atoms with Crippen LogP contribution in [0.2, 0.25) is 5.02 Å². The first-order chi connectivity index (χ1) is 7.89. The van der Waals surface area contributed by atoms with Gasteiger partial charge in [0.1, 0.15) is 6.10 Å². The number of rotatable bonds is 1. The number of carbonyl (C=O) groups is 1. The minimum Gasteiger partial charge on any atom is -0.439 e. The predicted octanol–water partition coefficient (Wildman–Crippen LogP) is 3.14. The number of cyclic esters (lactones) is 1. The van der Waals surface area contributed by atoms with Crippen molar-refractivity contribution in [1.82, 2.24) is 5.32 Å². The van der Waals surface area contributed by atoms with Gasteiger partial charge in [0.15, 0.2) is 0 Å². The normalized spacial score (nSPS) is 20.0. The molecule has 0 aliphatic carbocycles. The van der Waals surface area contributed by atoms with Gasteiger partial charge in [-0.25, -0.2) is 4.79 Å². The van der Waals surface area contributed by atoms with E-state index in [2.05, 4.69) is 5.32 Å². The molecule has 1 aliphatic rings. The molecular weight excluding hydrogens is 259 g/mol. The first-order valence-electron chi connectivity index (χ1n) is 4.69. The van der Waals surface area contributed by atoms with E-state index in [1.807, 2.05) is 0 Å². The monoisotopic (exact) mass is 265 g/mol. The quantitative estimate of drug-likeness (QED) is 0.847. The highest BCUT2D eigenvalue weighted by molar-refractivity contribution is 6.31. The fourth-order valence-corrected chi connectivity index (χ4v) is 1.96. The van der Waals surface area contributed by atoms with Crippen molar-refractivity contribution in [3.8, 4) is 0 Å². The zero-order chi connectivity index (χ0) is 12.6. The molecule has 2 rings (SSSR count). The van der Waals surface area contributed by atoms with Crippen LogP contribution < -0.4 is 5.32 Å². The Morgan fingerprint density at radius 3 is 2.65 bits per heavy atom. The second kappa shape index (κ2) is 4.10. The zero-order valence-electron chi connectivity index (χ0n) is 8.34. The third kappa shape index (κ3) is 2.31. The van der Waals surface area contributed by atoms with E-state index in [1.165, 1.54) is 12.1 Å². The van der Waals surface area contributed by atoms with Crippen LogP contribution in [0.1, 0.15) is 17.2 Å². The molecule has 92 valence electrons. The van der Waals surface area contributed by atoms with Gasteiger partial charge in [-0.05, 0) is 12.1 Å². The lowest BCUT2D eigenvalue weighted by molar-refractivity contribution is -0.139. The Labute approximate surface area is 99.5 Å². The third-order valence-electron chi connectivity index (χ3n) is 2.36. The van der Waals surface area contributed by atoms with Crippen molar-refractivity contribution in [3.63, 3.8) is 0 Å². The highest BCUT2D eigenvalue weighted by atomic mass is 35.5. The summed E-state index contributed by atoms with van der Waals surface area (Å²) in [4.78, 5) is 10.8. The van der Waals surface area contributed by atoms with Gasteiger partial charge in [0.05, 0.1) is 12.1 Å².